The van der Waals surface area contributed by atoms with Crippen molar-refractivity contribution >= 4 is 11.6 Å². The third-order valence-electron chi connectivity index (χ3n) is 4.23. The second-order valence-corrected chi connectivity index (χ2v) is 6.76. The van der Waals surface area contributed by atoms with Gasteiger partial charge in [0.15, 0.2) is 11.5 Å². The smallest absolute Gasteiger partial charge is 0.180 e. The molecule has 146 valence electrons. The van der Waals surface area contributed by atoms with E-state index >= 15 is 0 Å². The van der Waals surface area contributed by atoms with Crippen LogP contribution in [0.25, 0.3) is 0 Å². The molecule has 1 heterocycles. The molecule has 6 heteroatoms. The maximum atomic E-state index is 13.1. The molecular formula is C22H22ClFN2O2. The Kier molecular flexibility index (Phi) is 6.85. The highest BCUT2D eigenvalue weighted by Gasteiger charge is 2.15. The largest absolute Gasteiger partial charge is 0.490 e. The van der Waals surface area contributed by atoms with E-state index < -0.39 is 0 Å². The van der Waals surface area contributed by atoms with Gasteiger partial charge in [-0.1, -0.05) is 29.8 Å². The Hall–Kier alpha value is -2.63. The fourth-order valence-corrected chi connectivity index (χ4v) is 3.13. The number of hydrogen-bond acceptors (Lipinski definition) is 4. The molecule has 1 aromatic heterocycles. The Morgan fingerprint density at radius 1 is 1.11 bits per heavy atom. The lowest BCUT2D eigenvalue weighted by Crippen LogP contribution is -2.13. The van der Waals surface area contributed by atoms with E-state index in [2.05, 4.69) is 4.98 Å². The zero-order valence-corrected chi connectivity index (χ0v) is 16.3. The lowest BCUT2D eigenvalue weighted by molar-refractivity contribution is 0.269. The van der Waals surface area contributed by atoms with E-state index in [0.29, 0.717) is 29.5 Å². The Balaban J connectivity index is 1.78. The summed E-state index contributed by atoms with van der Waals surface area (Å²) in [5.41, 5.74) is 9.03. The van der Waals surface area contributed by atoms with Crippen LogP contribution in [-0.2, 0) is 13.0 Å². The molecule has 0 spiro atoms. The van der Waals surface area contributed by atoms with Gasteiger partial charge < -0.3 is 15.2 Å². The Morgan fingerprint density at radius 2 is 1.89 bits per heavy atom. The SMILES string of the molecule is CCOc1cc(CC(N)c2cccnc2)cc(Cl)c1OCc1ccc(F)cc1. The summed E-state index contributed by atoms with van der Waals surface area (Å²) in [6.45, 7) is 2.63. The first-order chi connectivity index (χ1) is 13.6. The van der Waals surface area contributed by atoms with Gasteiger partial charge in [-0.25, -0.2) is 4.39 Å². The maximum Gasteiger partial charge on any atom is 0.180 e. The molecule has 2 N–H and O–H groups in total. The number of hydrogen-bond donors (Lipinski definition) is 1. The van der Waals surface area contributed by atoms with Crippen molar-refractivity contribution in [2.24, 2.45) is 5.73 Å². The highest BCUT2D eigenvalue weighted by atomic mass is 35.5. The fraction of sp³-hybridized carbons (Fsp3) is 0.227. The minimum Gasteiger partial charge on any atom is -0.490 e. The average Bonchev–Trinajstić information content (AvgIpc) is 2.69. The van der Waals surface area contributed by atoms with Gasteiger partial charge in [0.05, 0.1) is 11.6 Å². The molecule has 0 saturated heterocycles. The Morgan fingerprint density at radius 3 is 2.57 bits per heavy atom. The molecule has 3 rings (SSSR count). The number of rotatable bonds is 8. The minimum atomic E-state index is -0.286. The van der Waals surface area contributed by atoms with Crippen LogP contribution in [-0.4, -0.2) is 11.6 Å². The van der Waals surface area contributed by atoms with Gasteiger partial charge in [0.2, 0.25) is 0 Å². The molecule has 0 aliphatic carbocycles. The van der Waals surface area contributed by atoms with Crippen molar-refractivity contribution in [3.05, 3.63) is 88.5 Å². The molecule has 2 aromatic carbocycles. The zero-order valence-electron chi connectivity index (χ0n) is 15.6. The standard InChI is InChI=1S/C22H22ClFN2O2/c1-2-27-21-12-16(11-20(25)17-4-3-9-26-13-17)10-19(23)22(21)28-14-15-5-7-18(24)8-6-15/h3-10,12-13,20H,2,11,14,25H2,1H3. The van der Waals surface area contributed by atoms with Gasteiger partial charge in [-0.15, -0.1) is 0 Å². The van der Waals surface area contributed by atoms with Crippen LogP contribution < -0.4 is 15.2 Å². The molecule has 0 bridgehead atoms. The van der Waals surface area contributed by atoms with Gasteiger partial charge in [-0.05, 0) is 60.4 Å². The Labute approximate surface area is 169 Å². The molecule has 0 aliphatic heterocycles. The van der Waals surface area contributed by atoms with Crippen molar-refractivity contribution in [2.45, 2.75) is 26.0 Å². The lowest BCUT2D eigenvalue weighted by atomic mass is 10.0. The topological polar surface area (TPSA) is 57.4 Å². The van der Waals surface area contributed by atoms with E-state index in [1.165, 1.54) is 12.1 Å². The van der Waals surface area contributed by atoms with Crippen LogP contribution in [0, 0.1) is 5.82 Å². The molecular weight excluding hydrogens is 379 g/mol. The van der Waals surface area contributed by atoms with Crippen LogP contribution in [0.3, 0.4) is 0 Å². The number of nitrogens with zero attached hydrogens (tertiary/aromatic N) is 1. The minimum absolute atomic E-state index is 0.203. The number of ether oxygens (including phenoxy) is 2. The molecule has 3 aromatic rings. The predicted molar refractivity (Wildman–Crippen MR) is 108 cm³/mol. The molecule has 1 atom stereocenters. The molecule has 1 unspecified atom stereocenters. The van der Waals surface area contributed by atoms with E-state index in [9.17, 15) is 4.39 Å². The van der Waals surface area contributed by atoms with Crippen LogP contribution in [0.4, 0.5) is 4.39 Å². The summed E-state index contributed by atoms with van der Waals surface area (Å²) in [6, 6.07) is 13.5. The number of benzene rings is 2. The van der Waals surface area contributed by atoms with Crippen molar-refractivity contribution in [2.75, 3.05) is 6.61 Å². The normalized spacial score (nSPS) is 11.9. The predicted octanol–water partition coefficient (Wildman–Crippen LogP) is 5.09. The molecule has 0 radical (unpaired) electrons. The van der Waals surface area contributed by atoms with Crippen LogP contribution in [0.15, 0.2) is 60.9 Å². The van der Waals surface area contributed by atoms with E-state index in [4.69, 9.17) is 26.8 Å². The monoisotopic (exact) mass is 400 g/mol. The van der Waals surface area contributed by atoms with Crippen molar-refractivity contribution in [1.29, 1.82) is 0 Å². The van der Waals surface area contributed by atoms with Crippen LogP contribution in [0.1, 0.15) is 29.7 Å². The molecule has 0 aliphatic rings. The highest BCUT2D eigenvalue weighted by Crippen LogP contribution is 2.38. The number of nitrogens with two attached hydrogens (primary N) is 1. The van der Waals surface area contributed by atoms with E-state index in [1.54, 1.807) is 24.5 Å². The van der Waals surface area contributed by atoms with Crippen molar-refractivity contribution in [3.8, 4) is 11.5 Å². The second kappa shape index (κ2) is 9.53. The molecule has 0 fully saturated rings. The van der Waals surface area contributed by atoms with E-state index in [1.807, 2.05) is 31.2 Å². The number of halogens is 2. The third-order valence-corrected chi connectivity index (χ3v) is 4.51. The van der Waals surface area contributed by atoms with E-state index in [-0.39, 0.29) is 18.5 Å². The maximum absolute atomic E-state index is 13.1. The summed E-state index contributed by atoms with van der Waals surface area (Å²) in [6.07, 6.45) is 4.06. The van der Waals surface area contributed by atoms with Gasteiger partial charge >= 0.3 is 0 Å². The second-order valence-electron chi connectivity index (χ2n) is 6.35. The summed E-state index contributed by atoms with van der Waals surface area (Å²) < 4.78 is 24.7. The van der Waals surface area contributed by atoms with Crippen LogP contribution in [0.2, 0.25) is 5.02 Å². The lowest BCUT2D eigenvalue weighted by Gasteiger charge is -2.17. The van der Waals surface area contributed by atoms with Gasteiger partial charge in [0.1, 0.15) is 12.4 Å². The first-order valence-corrected chi connectivity index (χ1v) is 9.42. The summed E-state index contributed by atoms with van der Waals surface area (Å²) in [5.74, 6) is 0.739. The summed E-state index contributed by atoms with van der Waals surface area (Å²) in [7, 11) is 0. The van der Waals surface area contributed by atoms with Gasteiger partial charge in [-0.2, -0.15) is 0 Å². The third kappa shape index (κ3) is 5.21. The van der Waals surface area contributed by atoms with E-state index in [0.717, 1.165) is 16.7 Å². The van der Waals surface area contributed by atoms with Crippen molar-refractivity contribution in [1.82, 2.24) is 4.98 Å². The zero-order chi connectivity index (χ0) is 19.9. The average molecular weight is 401 g/mol. The summed E-state index contributed by atoms with van der Waals surface area (Å²) in [5, 5.41) is 0.446. The molecule has 28 heavy (non-hydrogen) atoms. The van der Waals surface area contributed by atoms with Crippen LogP contribution in [0.5, 0.6) is 11.5 Å². The van der Waals surface area contributed by atoms with Crippen molar-refractivity contribution < 1.29 is 13.9 Å². The van der Waals surface area contributed by atoms with Gasteiger partial charge in [0.25, 0.3) is 0 Å². The fourth-order valence-electron chi connectivity index (χ4n) is 2.85. The number of aromatic nitrogens is 1. The molecule has 0 saturated carbocycles. The quantitative estimate of drug-likeness (QED) is 0.572. The first kappa shape index (κ1) is 20.1. The highest BCUT2D eigenvalue weighted by molar-refractivity contribution is 6.32. The first-order valence-electron chi connectivity index (χ1n) is 9.04. The van der Waals surface area contributed by atoms with Crippen molar-refractivity contribution in [3.63, 3.8) is 0 Å². The summed E-state index contributed by atoms with van der Waals surface area (Å²) in [4.78, 5) is 4.11. The van der Waals surface area contributed by atoms with Crippen LogP contribution >= 0.6 is 11.6 Å². The summed E-state index contributed by atoms with van der Waals surface area (Å²) >= 11 is 6.47. The number of pyridine rings is 1. The Bertz CT molecular complexity index is 904. The van der Waals surface area contributed by atoms with Gasteiger partial charge in [-0.3, -0.25) is 4.98 Å². The molecule has 4 nitrogen and oxygen atoms in total. The molecule has 0 amide bonds. The van der Waals surface area contributed by atoms with Gasteiger partial charge in [0, 0.05) is 18.4 Å².